The van der Waals surface area contributed by atoms with Crippen molar-refractivity contribution in [2.45, 2.75) is 98.7 Å². The van der Waals surface area contributed by atoms with Crippen LogP contribution in [0, 0.1) is 11.3 Å². The van der Waals surface area contributed by atoms with E-state index in [9.17, 15) is 8.42 Å². The van der Waals surface area contributed by atoms with Crippen LogP contribution >= 0.6 is 0 Å². The summed E-state index contributed by atoms with van der Waals surface area (Å²) in [5, 5.41) is 0. The average Bonchev–Trinajstić information content (AvgIpc) is 2.30. The molecule has 0 radical (unpaired) electrons. The zero-order chi connectivity index (χ0) is 17.3. The second-order valence-corrected chi connectivity index (χ2v) is 10.5. The third-order valence-corrected chi connectivity index (χ3v) is 7.02. The fourth-order valence-electron chi connectivity index (χ4n) is 3.20. The quantitative estimate of drug-likeness (QED) is 0.848. The molecule has 1 rings (SSSR count). The molecule has 0 bridgehead atoms. The monoisotopic (exact) mass is 332 g/mol. The molecule has 1 N–H and O–H groups in total. The number of nitrogens with one attached hydrogen (secondary N) is 1. The summed E-state index contributed by atoms with van der Waals surface area (Å²) in [5.74, 6) is 0.576. The predicted octanol–water partition coefficient (Wildman–Crippen LogP) is 3.93. The van der Waals surface area contributed by atoms with Crippen molar-refractivity contribution >= 4 is 10.2 Å². The number of hydrogen-bond acceptors (Lipinski definition) is 2. The van der Waals surface area contributed by atoms with Crippen LogP contribution in [0.15, 0.2) is 0 Å². The molecule has 0 aliphatic carbocycles. The van der Waals surface area contributed by atoms with Crippen LogP contribution in [-0.2, 0) is 10.2 Å². The van der Waals surface area contributed by atoms with Gasteiger partial charge in [0, 0.05) is 17.6 Å². The number of rotatable bonds is 4. The van der Waals surface area contributed by atoms with Crippen molar-refractivity contribution < 1.29 is 8.42 Å². The molecule has 0 spiro atoms. The summed E-state index contributed by atoms with van der Waals surface area (Å²) in [4.78, 5) is 0. The van der Waals surface area contributed by atoms with E-state index in [2.05, 4.69) is 39.3 Å². The fraction of sp³-hybridized carbons (Fsp3) is 1.00. The Morgan fingerprint density at radius 3 is 2.14 bits per heavy atom. The minimum absolute atomic E-state index is 0.0681. The zero-order valence-electron chi connectivity index (χ0n) is 15.7. The Hall–Kier alpha value is -0.130. The molecule has 3 unspecified atom stereocenters. The lowest BCUT2D eigenvalue weighted by Gasteiger charge is -2.46. The first-order valence-corrected chi connectivity index (χ1v) is 10.0. The van der Waals surface area contributed by atoms with Crippen LogP contribution in [0.1, 0.15) is 81.1 Å². The highest BCUT2D eigenvalue weighted by atomic mass is 32.2. The van der Waals surface area contributed by atoms with E-state index >= 15 is 0 Å². The predicted molar refractivity (Wildman–Crippen MR) is 94.0 cm³/mol. The third kappa shape index (κ3) is 4.93. The van der Waals surface area contributed by atoms with Crippen LogP contribution in [0.5, 0.6) is 0 Å². The minimum atomic E-state index is -3.39. The van der Waals surface area contributed by atoms with E-state index in [-0.39, 0.29) is 23.0 Å². The summed E-state index contributed by atoms with van der Waals surface area (Å²) >= 11 is 0. The topological polar surface area (TPSA) is 49.4 Å². The molecule has 1 saturated heterocycles. The summed E-state index contributed by atoms with van der Waals surface area (Å²) in [6.45, 7) is 17.0. The summed E-state index contributed by atoms with van der Waals surface area (Å²) < 4.78 is 29.9. The van der Waals surface area contributed by atoms with Crippen molar-refractivity contribution in [1.82, 2.24) is 9.03 Å². The van der Waals surface area contributed by atoms with Crippen LogP contribution in [0.25, 0.3) is 0 Å². The molecule has 1 heterocycles. The van der Waals surface area contributed by atoms with Gasteiger partial charge in [0.2, 0.25) is 0 Å². The first kappa shape index (κ1) is 19.9. The Kier molecular flexibility index (Phi) is 6.13. The van der Waals surface area contributed by atoms with E-state index in [0.717, 1.165) is 25.7 Å². The largest absolute Gasteiger partial charge is 0.280 e. The van der Waals surface area contributed by atoms with Gasteiger partial charge < -0.3 is 0 Å². The van der Waals surface area contributed by atoms with Gasteiger partial charge in [-0.05, 0) is 57.8 Å². The maximum absolute atomic E-state index is 12.7. The lowest BCUT2D eigenvalue weighted by molar-refractivity contribution is 0.130. The molecule has 1 aliphatic rings. The lowest BCUT2D eigenvalue weighted by Crippen LogP contribution is -2.62. The molecular formula is C17H36N2O2S. The second kappa shape index (κ2) is 6.78. The van der Waals surface area contributed by atoms with Gasteiger partial charge in [-0.2, -0.15) is 17.4 Å². The van der Waals surface area contributed by atoms with Gasteiger partial charge in [-0.25, -0.2) is 0 Å². The zero-order valence-corrected chi connectivity index (χ0v) is 16.5. The summed E-state index contributed by atoms with van der Waals surface area (Å²) in [6.07, 6.45) is 3.76. The normalized spacial score (nSPS) is 28.5. The SMILES string of the molecule is CCC1CC(CCC(C)C(C)(C)C)N(C(C)(C)C)S(=O)(=O)N1. The Labute approximate surface area is 138 Å². The highest BCUT2D eigenvalue weighted by Crippen LogP contribution is 2.34. The second-order valence-electron chi connectivity index (χ2n) is 8.93. The molecule has 0 amide bonds. The highest BCUT2D eigenvalue weighted by Gasteiger charge is 2.44. The van der Waals surface area contributed by atoms with E-state index < -0.39 is 10.2 Å². The molecule has 4 nitrogen and oxygen atoms in total. The number of hydrogen-bond donors (Lipinski definition) is 1. The van der Waals surface area contributed by atoms with E-state index in [1.54, 1.807) is 4.31 Å². The average molecular weight is 333 g/mol. The fourth-order valence-corrected chi connectivity index (χ4v) is 5.31. The van der Waals surface area contributed by atoms with Crippen molar-refractivity contribution in [3.63, 3.8) is 0 Å². The Balaban J connectivity index is 2.95. The smallest absolute Gasteiger partial charge is 0.199 e. The maximum Gasteiger partial charge on any atom is 0.280 e. The first-order valence-electron chi connectivity index (χ1n) is 8.60. The molecule has 5 heteroatoms. The molecule has 0 aromatic heterocycles. The third-order valence-electron chi connectivity index (χ3n) is 5.03. The lowest BCUT2D eigenvalue weighted by atomic mass is 9.78. The Morgan fingerprint density at radius 2 is 1.73 bits per heavy atom. The number of nitrogens with zero attached hydrogens (tertiary/aromatic N) is 1. The van der Waals surface area contributed by atoms with Crippen LogP contribution in [0.2, 0.25) is 0 Å². The van der Waals surface area contributed by atoms with E-state index in [1.165, 1.54) is 0 Å². The van der Waals surface area contributed by atoms with E-state index in [0.29, 0.717) is 5.92 Å². The molecule has 132 valence electrons. The summed E-state index contributed by atoms with van der Waals surface area (Å²) in [7, 11) is -3.39. The van der Waals surface area contributed by atoms with Gasteiger partial charge in [0.15, 0.2) is 0 Å². The van der Waals surface area contributed by atoms with Crippen LogP contribution in [-0.4, -0.2) is 30.3 Å². The minimum Gasteiger partial charge on any atom is -0.199 e. The van der Waals surface area contributed by atoms with E-state index in [1.807, 2.05) is 20.8 Å². The van der Waals surface area contributed by atoms with Crippen LogP contribution in [0.3, 0.4) is 0 Å². The molecule has 3 atom stereocenters. The van der Waals surface area contributed by atoms with Crippen LogP contribution < -0.4 is 4.72 Å². The van der Waals surface area contributed by atoms with Gasteiger partial charge in [0.25, 0.3) is 10.2 Å². The van der Waals surface area contributed by atoms with Gasteiger partial charge in [-0.15, -0.1) is 0 Å². The molecule has 1 aliphatic heterocycles. The van der Waals surface area contributed by atoms with Crippen molar-refractivity contribution in [3.05, 3.63) is 0 Å². The summed E-state index contributed by atoms with van der Waals surface area (Å²) in [6, 6.07) is 0.166. The molecule has 0 saturated carbocycles. The Morgan fingerprint density at radius 1 is 1.18 bits per heavy atom. The van der Waals surface area contributed by atoms with Crippen molar-refractivity contribution in [2.75, 3.05) is 0 Å². The standard InChI is InChI=1S/C17H36N2O2S/c1-9-14-12-15(11-10-13(2)16(3,4)5)19(17(6,7)8)22(20,21)18-14/h13-15,18H,9-12H2,1-8H3. The molecule has 0 aromatic rings. The Bertz CT molecular complexity index is 460. The highest BCUT2D eigenvalue weighted by molar-refractivity contribution is 7.87. The van der Waals surface area contributed by atoms with Gasteiger partial charge in [-0.1, -0.05) is 34.6 Å². The van der Waals surface area contributed by atoms with Crippen LogP contribution in [0.4, 0.5) is 0 Å². The van der Waals surface area contributed by atoms with Crippen molar-refractivity contribution in [3.8, 4) is 0 Å². The van der Waals surface area contributed by atoms with Gasteiger partial charge in [0.1, 0.15) is 0 Å². The first-order chi connectivity index (χ1) is 9.79. The van der Waals surface area contributed by atoms with Crippen molar-refractivity contribution in [1.29, 1.82) is 0 Å². The summed E-state index contributed by atoms with van der Waals surface area (Å²) in [5.41, 5.74) is -0.122. The van der Waals surface area contributed by atoms with Crippen molar-refractivity contribution in [2.24, 2.45) is 11.3 Å². The van der Waals surface area contributed by atoms with Gasteiger partial charge in [0.05, 0.1) is 0 Å². The van der Waals surface area contributed by atoms with Gasteiger partial charge in [-0.3, -0.25) is 0 Å². The molecule has 0 aromatic carbocycles. The maximum atomic E-state index is 12.7. The molecule has 1 fully saturated rings. The molecular weight excluding hydrogens is 296 g/mol. The van der Waals surface area contributed by atoms with E-state index in [4.69, 9.17) is 0 Å². The molecule has 22 heavy (non-hydrogen) atoms. The van der Waals surface area contributed by atoms with Gasteiger partial charge >= 0.3 is 0 Å².